The Morgan fingerprint density at radius 1 is 0.935 bits per heavy atom. The van der Waals surface area contributed by atoms with Gasteiger partial charge in [-0.1, -0.05) is 12.1 Å². The van der Waals surface area contributed by atoms with Crippen molar-refractivity contribution in [1.82, 2.24) is 0 Å². The first kappa shape index (κ1) is 22.9. The summed E-state index contributed by atoms with van der Waals surface area (Å²) in [6, 6.07) is 10.4. The highest BCUT2D eigenvalue weighted by atomic mass is 32.1. The fraction of sp³-hybridized carbons (Fsp3) is 0.261. The first-order valence-corrected chi connectivity index (χ1v) is 10.3. The van der Waals surface area contributed by atoms with Gasteiger partial charge in [-0.15, -0.1) is 11.3 Å². The smallest absolute Gasteiger partial charge is 0.251 e. The minimum absolute atomic E-state index is 0.0944. The number of amides is 1. The molecule has 164 valence electrons. The summed E-state index contributed by atoms with van der Waals surface area (Å²) in [5.41, 5.74) is 4.28. The predicted molar refractivity (Wildman–Crippen MR) is 118 cm³/mol. The van der Waals surface area contributed by atoms with Crippen LogP contribution in [0.25, 0.3) is 10.4 Å². The van der Waals surface area contributed by atoms with Crippen LogP contribution in [0.3, 0.4) is 0 Å². The first-order chi connectivity index (χ1) is 14.3. The van der Waals surface area contributed by atoms with Crippen LogP contribution in [0, 0.1) is 11.6 Å². The number of thiophene rings is 1. The van der Waals surface area contributed by atoms with Gasteiger partial charge in [0.1, 0.15) is 16.6 Å². The van der Waals surface area contributed by atoms with E-state index in [-0.39, 0.29) is 21.6 Å². The van der Waals surface area contributed by atoms with Gasteiger partial charge in [0.2, 0.25) is 0 Å². The molecule has 0 bridgehead atoms. The molecule has 3 aromatic rings. The number of hydrogen-bond acceptors (Lipinski definition) is 5. The molecular formula is C23H24F2N2O3S. The van der Waals surface area contributed by atoms with Gasteiger partial charge in [0.25, 0.3) is 5.91 Å². The van der Waals surface area contributed by atoms with Gasteiger partial charge in [0.15, 0.2) is 0 Å². The maximum absolute atomic E-state index is 14.7. The van der Waals surface area contributed by atoms with Gasteiger partial charge < -0.3 is 21.3 Å². The van der Waals surface area contributed by atoms with Crippen molar-refractivity contribution in [2.45, 2.75) is 38.9 Å². The number of nitrogens with one attached hydrogen (secondary N) is 1. The maximum Gasteiger partial charge on any atom is 0.251 e. The van der Waals surface area contributed by atoms with Crippen molar-refractivity contribution < 1.29 is 23.8 Å². The lowest BCUT2D eigenvalue weighted by Gasteiger charge is -2.18. The van der Waals surface area contributed by atoms with Gasteiger partial charge in [-0.3, -0.25) is 4.79 Å². The lowest BCUT2D eigenvalue weighted by molar-refractivity contribution is 0.0776. The Labute approximate surface area is 183 Å². The topological polar surface area (TPSA) is 95.6 Å². The summed E-state index contributed by atoms with van der Waals surface area (Å²) in [6.45, 7) is 6.20. The summed E-state index contributed by atoms with van der Waals surface area (Å²) in [7, 11) is 0. The van der Waals surface area contributed by atoms with E-state index in [1.165, 1.54) is 19.9 Å². The summed E-state index contributed by atoms with van der Waals surface area (Å²) in [5, 5.41) is 23.5. The minimum atomic E-state index is -1.41. The summed E-state index contributed by atoms with van der Waals surface area (Å²) in [5.74, 6) is -2.45. The molecule has 1 aromatic heterocycles. The Morgan fingerprint density at radius 3 is 1.90 bits per heavy atom. The number of aliphatic hydroxyl groups is 2. The molecule has 3 rings (SSSR count). The normalized spacial score (nSPS) is 12.1. The molecule has 0 aliphatic carbocycles. The van der Waals surface area contributed by atoms with E-state index >= 15 is 0 Å². The average Bonchev–Trinajstić information content (AvgIpc) is 3.03. The molecule has 0 saturated carbocycles. The number of hydrogen-bond donors (Lipinski definition) is 4. The second kappa shape index (κ2) is 8.03. The number of primary amides is 1. The van der Waals surface area contributed by atoms with Crippen LogP contribution in [-0.4, -0.2) is 16.1 Å². The number of nitrogens with two attached hydrogens (primary N) is 1. The van der Waals surface area contributed by atoms with E-state index in [0.717, 1.165) is 23.5 Å². The van der Waals surface area contributed by atoms with Gasteiger partial charge in [-0.05, 0) is 69.2 Å². The Morgan fingerprint density at radius 2 is 1.45 bits per heavy atom. The van der Waals surface area contributed by atoms with E-state index in [1.807, 2.05) is 0 Å². The van der Waals surface area contributed by atoms with Crippen molar-refractivity contribution >= 4 is 27.9 Å². The van der Waals surface area contributed by atoms with Crippen molar-refractivity contribution in [1.29, 1.82) is 0 Å². The molecule has 5 nitrogen and oxygen atoms in total. The number of anilines is 2. The summed E-state index contributed by atoms with van der Waals surface area (Å²) in [6.07, 6.45) is 0. The fourth-order valence-electron chi connectivity index (χ4n) is 3.04. The second-order valence-electron chi connectivity index (χ2n) is 8.35. The van der Waals surface area contributed by atoms with Crippen LogP contribution in [0.5, 0.6) is 0 Å². The average molecular weight is 447 g/mol. The highest BCUT2D eigenvalue weighted by molar-refractivity contribution is 7.20. The van der Waals surface area contributed by atoms with E-state index < -0.39 is 28.7 Å². The zero-order valence-corrected chi connectivity index (χ0v) is 18.4. The molecule has 0 saturated heterocycles. The number of rotatable bonds is 6. The molecule has 0 unspecified atom stereocenters. The molecule has 0 aliphatic rings. The minimum Gasteiger partial charge on any atom is -0.386 e. The van der Waals surface area contributed by atoms with E-state index in [4.69, 9.17) is 5.73 Å². The van der Waals surface area contributed by atoms with Crippen LogP contribution in [0.2, 0.25) is 0 Å². The maximum atomic E-state index is 14.7. The Bertz CT molecular complexity index is 1100. The fourth-order valence-corrected chi connectivity index (χ4v) is 4.18. The van der Waals surface area contributed by atoms with Gasteiger partial charge in [-0.2, -0.15) is 0 Å². The standard InChI is InChI=1S/C23H24F2N2O3S/c1-22(2,29)12-5-7-14(8-6-12)27-21-15(20(26)28)11-18(31-21)19-16(24)9-13(10-17(19)25)23(3,4)30/h5-11,27,29-30H,1-4H3,(H2,26,28). The summed E-state index contributed by atoms with van der Waals surface area (Å²) >= 11 is 0.983. The lowest BCUT2D eigenvalue weighted by atomic mass is 9.96. The van der Waals surface area contributed by atoms with E-state index in [1.54, 1.807) is 38.1 Å². The molecule has 2 aromatic carbocycles. The third kappa shape index (κ3) is 4.92. The van der Waals surface area contributed by atoms with Gasteiger partial charge >= 0.3 is 0 Å². The Kier molecular flexibility index (Phi) is 5.92. The van der Waals surface area contributed by atoms with Gasteiger partial charge in [-0.25, -0.2) is 8.78 Å². The molecule has 0 radical (unpaired) electrons. The van der Waals surface area contributed by atoms with Crippen LogP contribution < -0.4 is 11.1 Å². The van der Waals surface area contributed by atoms with E-state index in [2.05, 4.69) is 5.32 Å². The van der Waals surface area contributed by atoms with Crippen LogP contribution in [0.4, 0.5) is 19.5 Å². The number of carbonyl (C=O) groups is 1. The van der Waals surface area contributed by atoms with Gasteiger partial charge in [0.05, 0.1) is 22.3 Å². The first-order valence-electron chi connectivity index (χ1n) is 9.53. The molecule has 1 amide bonds. The van der Waals surface area contributed by atoms with Crippen molar-refractivity contribution in [3.63, 3.8) is 0 Å². The molecular weight excluding hydrogens is 422 g/mol. The molecule has 0 spiro atoms. The highest BCUT2D eigenvalue weighted by Gasteiger charge is 2.24. The lowest BCUT2D eigenvalue weighted by Crippen LogP contribution is -2.16. The number of carbonyl (C=O) groups excluding carboxylic acids is 1. The van der Waals surface area contributed by atoms with Crippen LogP contribution in [0.15, 0.2) is 42.5 Å². The van der Waals surface area contributed by atoms with Crippen molar-refractivity contribution in [2.24, 2.45) is 5.73 Å². The van der Waals surface area contributed by atoms with Crippen molar-refractivity contribution in [3.05, 3.63) is 70.8 Å². The highest BCUT2D eigenvalue weighted by Crippen LogP contribution is 2.40. The molecule has 5 N–H and O–H groups in total. The molecule has 1 heterocycles. The van der Waals surface area contributed by atoms with E-state index in [0.29, 0.717) is 16.3 Å². The van der Waals surface area contributed by atoms with Crippen LogP contribution in [-0.2, 0) is 11.2 Å². The molecule has 8 heteroatoms. The number of halogens is 2. The third-order valence-corrected chi connectivity index (χ3v) is 5.91. The molecule has 0 atom stereocenters. The van der Waals surface area contributed by atoms with Crippen molar-refractivity contribution in [3.8, 4) is 10.4 Å². The zero-order chi connectivity index (χ0) is 23.1. The molecule has 0 aliphatic heterocycles. The summed E-state index contributed by atoms with van der Waals surface area (Å²) in [4.78, 5) is 12.1. The quantitative estimate of drug-likeness (QED) is 0.429. The van der Waals surface area contributed by atoms with Crippen molar-refractivity contribution in [2.75, 3.05) is 5.32 Å². The van der Waals surface area contributed by atoms with Crippen LogP contribution >= 0.6 is 11.3 Å². The third-order valence-electron chi connectivity index (χ3n) is 4.84. The largest absolute Gasteiger partial charge is 0.386 e. The Balaban J connectivity index is 2.01. The monoisotopic (exact) mass is 446 g/mol. The molecule has 31 heavy (non-hydrogen) atoms. The predicted octanol–water partition coefficient (Wildman–Crippen LogP) is 4.99. The van der Waals surface area contributed by atoms with E-state index in [9.17, 15) is 23.8 Å². The zero-order valence-electron chi connectivity index (χ0n) is 17.6. The number of benzene rings is 2. The van der Waals surface area contributed by atoms with Gasteiger partial charge in [0, 0.05) is 10.6 Å². The second-order valence-corrected chi connectivity index (χ2v) is 9.41. The Hall–Kier alpha value is -2.81. The summed E-state index contributed by atoms with van der Waals surface area (Å²) < 4.78 is 29.5. The van der Waals surface area contributed by atoms with Crippen LogP contribution in [0.1, 0.15) is 49.2 Å². The molecule has 0 fully saturated rings. The SMILES string of the molecule is CC(C)(O)c1ccc(Nc2sc(-c3c(F)cc(C(C)(C)O)cc3F)cc2C(N)=O)cc1.